The minimum Gasteiger partial charge on any atom is -0.870 e. The number of fused-ring (bicyclic) bond motifs is 3. The number of ether oxygens (including phenoxy) is 8. The monoisotopic (exact) mass is 1670 g/mol. The summed E-state index contributed by atoms with van der Waals surface area (Å²) in [6.45, 7) is 1.48. The molecule has 8 aromatic carbocycles. The zero-order valence-corrected chi connectivity index (χ0v) is 62.5. The Hall–Kier alpha value is -9.41. The Morgan fingerprint density at radius 2 is 0.793 bits per heavy atom. The Morgan fingerprint density at radius 3 is 1.12 bits per heavy atom. The predicted molar refractivity (Wildman–Crippen MR) is 395 cm³/mol. The molecule has 3 heterocycles. The Labute approximate surface area is 666 Å². The second kappa shape index (κ2) is 37.3. The number of carbonyl (C=O) groups is 5. The van der Waals surface area contributed by atoms with Gasteiger partial charge in [0, 0.05) is 113 Å². The van der Waals surface area contributed by atoms with Crippen molar-refractivity contribution in [1.82, 2.24) is 0 Å². The summed E-state index contributed by atoms with van der Waals surface area (Å²) < 4.78 is 154. The first-order valence-corrected chi connectivity index (χ1v) is 35.3. The molecule has 3 unspecified atom stereocenters. The number of anilines is 5. The molecule has 3 amide bonds. The van der Waals surface area contributed by atoms with Gasteiger partial charge in [0.15, 0.2) is 0 Å². The molecular weight excluding hydrogens is 1600 g/mol. The Bertz CT molecular complexity index is 4620. The van der Waals surface area contributed by atoms with E-state index in [0.717, 1.165) is 16.7 Å². The van der Waals surface area contributed by atoms with Gasteiger partial charge in [-0.15, -0.1) is 39.5 Å². The van der Waals surface area contributed by atoms with Crippen molar-refractivity contribution in [3.05, 3.63) is 212 Å². The number of nitrogens with zero attached hydrogens (tertiary/aromatic N) is 3. The fourth-order valence-electron chi connectivity index (χ4n) is 12.5. The number of aliphatic carboxylic acids is 1. The Balaban J connectivity index is 0.000000213. The van der Waals surface area contributed by atoms with Crippen molar-refractivity contribution in [2.45, 2.75) is 75.5 Å². The average molecular weight is 1670 g/mol. The van der Waals surface area contributed by atoms with Gasteiger partial charge < -0.3 is 73.8 Å². The van der Waals surface area contributed by atoms with Crippen molar-refractivity contribution in [3.63, 3.8) is 0 Å². The van der Waals surface area contributed by atoms with E-state index in [2.05, 4.69) is 40.8 Å². The van der Waals surface area contributed by atoms with Crippen LogP contribution in [0.15, 0.2) is 164 Å². The van der Waals surface area contributed by atoms with Crippen LogP contribution in [0.5, 0.6) is 40.2 Å². The number of hydrogen-bond acceptors (Lipinski definition) is 16. The molecule has 0 bridgehead atoms. The van der Waals surface area contributed by atoms with E-state index in [9.17, 15) is 63.5 Å². The number of carboxylic acids is 1. The van der Waals surface area contributed by atoms with Crippen molar-refractivity contribution in [2.24, 2.45) is 23.7 Å². The van der Waals surface area contributed by atoms with Crippen molar-refractivity contribution in [1.29, 1.82) is 0 Å². The summed E-state index contributed by atoms with van der Waals surface area (Å²) in [7, 11) is 4.33. The van der Waals surface area contributed by atoms with Crippen LogP contribution in [0.1, 0.15) is 70.6 Å². The fourth-order valence-corrected chi connectivity index (χ4v) is 13.5. The summed E-state index contributed by atoms with van der Waals surface area (Å²) in [5.41, 5.74) is 6.24. The van der Waals surface area contributed by atoms with Crippen LogP contribution in [0.25, 0.3) is 0 Å². The van der Waals surface area contributed by atoms with Crippen molar-refractivity contribution in [3.8, 4) is 40.2 Å². The number of methoxy groups -OCH3 is 3. The number of hydrogen-bond donors (Lipinski definition) is 3. The second-order valence-electron chi connectivity index (χ2n) is 25.4. The second-order valence-corrected chi connectivity index (χ2v) is 27.6. The molecule has 13 rings (SSSR count). The van der Waals surface area contributed by atoms with Crippen LogP contribution in [-0.2, 0) is 48.0 Å². The van der Waals surface area contributed by atoms with Gasteiger partial charge in [0.1, 0.15) is 57.2 Å². The zero-order chi connectivity index (χ0) is 77.5. The number of alkyl halides is 10. The molecule has 5 aliphatic rings. The number of carboxylic acid groups (broad SMARTS) is 1. The number of halogens is 13. The van der Waals surface area contributed by atoms with Gasteiger partial charge in [-0.2, -0.15) is 0 Å². The normalized spacial score (nSPS) is 17.0. The van der Waals surface area contributed by atoms with Gasteiger partial charge in [-0.3, -0.25) is 24.0 Å². The van der Waals surface area contributed by atoms with Crippen LogP contribution in [0.3, 0.4) is 0 Å². The quantitative estimate of drug-likeness (QED) is 0.0233. The molecule has 0 saturated heterocycles. The summed E-state index contributed by atoms with van der Waals surface area (Å²) in [5.74, 6) is -2.16. The van der Waals surface area contributed by atoms with Crippen LogP contribution in [0.2, 0.25) is 15.1 Å². The molecule has 4 N–H and O–H groups in total. The minimum atomic E-state index is -4.87. The third-order valence-corrected chi connectivity index (χ3v) is 19.8. The molecule has 0 spiro atoms. The first kappa shape index (κ1) is 87.2. The van der Waals surface area contributed by atoms with Gasteiger partial charge in [0.05, 0.1) is 63.4 Å². The van der Waals surface area contributed by atoms with Gasteiger partial charge in [0.25, 0.3) is 11.8 Å². The van der Waals surface area contributed by atoms with E-state index in [-0.39, 0.29) is 92.7 Å². The molecule has 3 aliphatic heterocycles. The molecule has 0 aromatic heterocycles. The van der Waals surface area contributed by atoms with Crippen LogP contribution in [0, 0.1) is 23.7 Å². The van der Waals surface area contributed by atoms with Crippen molar-refractivity contribution in [2.75, 3.05) is 79.5 Å². The topological polar surface area (TPSA) is 243 Å². The molecular formula is C77H71BrCl3F9LiN5O15. The molecule has 34 heteroatoms. The van der Waals surface area contributed by atoms with Gasteiger partial charge in [-0.05, 0) is 120 Å². The Morgan fingerprint density at radius 1 is 0.468 bits per heavy atom. The fraction of sp³-hybridized carbons (Fsp3) is 0.312. The van der Waals surface area contributed by atoms with Crippen molar-refractivity contribution < 1.29 is 131 Å². The molecule has 2 saturated carbocycles. The SMILES string of the molecule is C.COC(=O)[C@@H]1C[C@H]1COc1cc(NC(C(=O)N2CCc3ccc(OC(F)(F)F)cc32)c2ccc(Cl)cc2)cc(OC)c1.COc1cc(NC(C(=O)N2CCc3ccc(OC(F)(F)F)cc32)c2ccc(Cl)cc2)cc(OC[C@@H]2C[C@H]2C(=O)O)c1.O=C(C(Br)c1ccc(Cl)cc1)N1CCc2ccc(OC(F)(F)F)cc21.[Li+].[OH-]. The molecule has 0 radical (unpaired) electrons. The first-order chi connectivity index (χ1) is 51.3. The van der Waals surface area contributed by atoms with Crippen LogP contribution in [-0.4, -0.2) is 114 Å². The van der Waals surface area contributed by atoms with Gasteiger partial charge in [-0.1, -0.05) is 113 Å². The summed E-state index contributed by atoms with van der Waals surface area (Å²) in [6, 6.07) is 40.4. The van der Waals surface area contributed by atoms with Gasteiger partial charge >= 0.3 is 49.9 Å². The zero-order valence-electron chi connectivity index (χ0n) is 58.7. The first-order valence-electron chi connectivity index (χ1n) is 33.3. The van der Waals surface area contributed by atoms with E-state index in [1.807, 2.05) is 0 Å². The Kier molecular flexibility index (Phi) is 29.3. The van der Waals surface area contributed by atoms with Crippen LogP contribution >= 0.6 is 50.7 Å². The summed E-state index contributed by atoms with van der Waals surface area (Å²) >= 11 is 21.4. The maximum atomic E-state index is 14.0. The van der Waals surface area contributed by atoms with E-state index < -0.39 is 65.3 Å². The van der Waals surface area contributed by atoms with E-state index in [4.69, 9.17) is 63.6 Å². The maximum Gasteiger partial charge on any atom is 1.00 e. The molecule has 111 heavy (non-hydrogen) atoms. The van der Waals surface area contributed by atoms with E-state index in [0.29, 0.717) is 128 Å². The van der Waals surface area contributed by atoms with Crippen molar-refractivity contribution >= 4 is 109 Å². The number of esters is 1. The van der Waals surface area contributed by atoms with Crippen LogP contribution < -0.4 is 77.4 Å². The average Bonchev–Trinajstić information content (AvgIpc) is 1.75. The molecule has 8 aromatic rings. The van der Waals surface area contributed by atoms with E-state index in [1.54, 1.807) is 115 Å². The molecule has 20 nitrogen and oxygen atoms in total. The van der Waals surface area contributed by atoms with E-state index in [1.165, 1.54) is 84.6 Å². The molecule has 2 aliphatic carbocycles. The molecule has 7 atom stereocenters. The largest absolute Gasteiger partial charge is 1.00 e. The third kappa shape index (κ3) is 23.1. The summed E-state index contributed by atoms with van der Waals surface area (Å²) in [6.07, 6.45) is -11.7. The maximum absolute atomic E-state index is 14.0. The number of nitrogens with one attached hydrogen (secondary N) is 2. The van der Waals surface area contributed by atoms with Gasteiger partial charge in [0.2, 0.25) is 5.91 Å². The van der Waals surface area contributed by atoms with E-state index >= 15 is 0 Å². The minimum absolute atomic E-state index is 0. The van der Waals surface area contributed by atoms with Gasteiger partial charge in [-0.25, -0.2) is 0 Å². The number of benzene rings is 8. The summed E-state index contributed by atoms with van der Waals surface area (Å²) in [5, 5.41) is 17.1. The predicted octanol–water partition coefficient (Wildman–Crippen LogP) is 15.0. The van der Waals surface area contributed by atoms with Crippen LogP contribution in [0.4, 0.5) is 68.0 Å². The smallest absolute Gasteiger partial charge is 0.870 e. The molecule has 2 fully saturated rings. The third-order valence-electron chi connectivity index (χ3n) is 18.1. The standard InChI is InChI=1S/C30H28ClF3N2O6.C29H26ClF3N2O6.C17H12BrClF3NO2.CH4.Li.H2O/c1-39-23-12-21(13-24(14-23)41-16-19-11-25(19)29(38)40-2)35-27(18-3-6-20(31)7-4-18)28(37)36-10-9-17-5-8-22(15-26(17)36)42-30(32,33)34;1-39-22-11-20(12-23(13-22)40-15-18-10-24(18)28(37)38)34-26(17-2-5-19(30)6-3-17)27(36)35-9-8-16-4-7-21(14-25(16)35)41-29(31,32)33;18-15(11-1-4-12(19)5-2-11)16(24)23-8-7-10-3-6-13(9-14(10)23)25-17(20,21)22;;;/h3-8,12-15,19,25,27,35H,9-11,16H2,1-2H3;2-7,11-14,18,24,26,34H,8-10,15H2,1H3,(H,37,38);1-6,9,15H,7-8H2;1H4;;1H2/q;;;;+1;/p-1/t19-,25+,27?;18-,24+,26?;;;;/m00..../s1. The number of carbonyl (C=O) groups excluding carboxylic acids is 4. The number of rotatable bonds is 23. The molecule has 586 valence electrons. The number of amides is 3. The summed E-state index contributed by atoms with van der Waals surface area (Å²) in [4.78, 5) is 67.5.